The van der Waals surface area contributed by atoms with Crippen molar-refractivity contribution in [2.24, 2.45) is 0 Å². The number of nitrogens with one attached hydrogen (secondary N) is 6. The lowest BCUT2D eigenvalue weighted by Crippen LogP contribution is -2.20. The largest absolute Gasteiger partial charge is 0.489 e. The molecular formula is C43H43Cl4N7O6S2. The summed E-state index contributed by atoms with van der Waals surface area (Å²) in [5, 5.41) is 19.6. The maximum atomic E-state index is 12.0. The van der Waals surface area contributed by atoms with Crippen molar-refractivity contribution in [3.8, 4) is 11.5 Å². The van der Waals surface area contributed by atoms with Gasteiger partial charge in [-0.3, -0.25) is 9.59 Å². The van der Waals surface area contributed by atoms with Gasteiger partial charge in [0, 0.05) is 54.5 Å². The lowest BCUT2D eigenvalue weighted by atomic mass is 10.2. The molecule has 0 aromatic heterocycles. The van der Waals surface area contributed by atoms with Crippen LogP contribution in [0.5, 0.6) is 11.5 Å². The summed E-state index contributed by atoms with van der Waals surface area (Å²) in [6.07, 6.45) is 0. The highest BCUT2D eigenvalue weighted by Gasteiger charge is 2.14. The minimum Gasteiger partial charge on any atom is -0.489 e. The van der Waals surface area contributed by atoms with Gasteiger partial charge in [0.05, 0.1) is 25.7 Å². The van der Waals surface area contributed by atoms with Crippen LogP contribution in [0.3, 0.4) is 0 Å². The summed E-state index contributed by atoms with van der Waals surface area (Å²) in [6.45, 7) is 4.25. The number of thiocarbonyl (C=S) groups is 2. The number of hydrogen-bond acceptors (Lipinski definition) is 9. The zero-order valence-corrected chi connectivity index (χ0v) is 38.5. The Kier molecular flexibility index (Phi) is 19.8. The number of nitrogens with zero attached hydrogens (tertiary/aromatic N) is 1. The van der Waals surface area contributed by atoms with Gasteiger partial charge in [0.25, 0.3) is 0 Å². The van der Waals surface area contributed by atoms with E-state index in [-0.39, 0.29) is 40.8 Å². The number of anilines is 6. The normalized spacial score (nSPS) is 10.3. The fraction of sp³-hybridized carbons (Fsp3) is 0.186. The van der Waals surface area contributed by atoms with Crippen LogP contribution in [0.1, 0.15) is 24.2 Å². The van der Waals surface area contributed by atoms with Crippen molar-refractivity contribution in [1.29, 1.82) is 0 Å². The molecule has 0 fully saturated rings. The van der Waals surface area contributed by atoms with Crippen molar-refractivity contribution in [2.75, 3.05) is 72.4 Å². The second kappa shape index (κ2) is 24.9. The lowest BCUT2D eigenvalue weighted by Gasteiger charge is -2.15. The number of amides is 2. The number of carbonyl (C=O) groups excluding carboxylic acids is 3. The summed E-state index contributed by atoms with van der Waals surface area (Å²) in [6, 6.07) is 29.5. The summed E-state index contributed by atoms with van der Waals surface area (Å²) in [5.41, 5.74) is 4.55. The van der Waals surface area contributed by atoms with Crippen molar-refractivity contribution in [3.05, 3.63) is 129 Å². The number of halogens is 4. The molecular weight excluding hydrogens is 916 g/mol. The molecule has 326 valence electrons. The highest BCUT2D eigenvalue weighted by atomic mass is 35.5. The zero-order valence-electron chi connectivity index (χ0n) is 33.9. The lowest BCUT2D eigenvalue weighted by molar-refractivity contribution is -0.115. The number of rotatable bonds is 15. The van der Waals surface area contributed by atoms with Gasteiger partial charge >= 0.3 is 5.97 Å². The Hall–Kier alpha value is -5.39. The van der Waals surface area contributed by atoms with E-state index in [1.807, 2.05) is 25.1 Å². The summed E-state index contributed by atoms with van der Waals surface area (Å²) in [7, 11) is 3.92. The van der Waals surface area contributed by atoms with Gasteiger partial charge in [-0.1, -0.05) is 64.6 Å². The average Bonchev–Trinajstić information content (AvgIpc) is 3.20. The van der Waals surface area contributed by atoms with E-state index in [1.165, 1.54) is 13.8 Å². The molecule has 0 atom stereocenters. The molecule has 5 rings (SSSR count). The van der Waals surface area contributed by atoms with Gasteiger partial charge in [0.1, 0.15) is 19.8 Å². The van der Waals surface area contributed by atoms with E-state index < -0.39 is 5.97 Å². The highest BCUT2D eigenvalue weighted by Crippen LogP contribution is 2.37. The summed E-state index contributed by atoms with van der Waals surface area (Å²) in [4.78, 5) is 36.1. The molecule has 0 spiro atoms. The molecule has 0 unspecified atom stereocenters. The number of esters is 1. The molecule has 0 aliphatic heterocycles. The Morgan fingerprint density at radius 2 is 0.871 bits per heavy atom. The molecule has 0 heterocycles. The van der Waals surface area contributed by atoms with E-state index in [0.29, 0.717) is 60.9 Å². The Bertz CT molecular complexity index is 2300. The van der Waals surface area contributed by atoms with Gasteiger partial charge < -0.3 is 51.0 Å². The molecule has 5 aromatic carbocycles. The maximum absolute atomic E-state index is 12.0. The smallest absolute Gasteiger partial charge is 0.338 e. The van der Waals surface area contributed by atoms with Crippen molar-refractivity contribution >= 4 is 133 Å². The van der Waals surface area contributed by atoms with Crippen LogP contribution in [0.25, 0.3) is 0 Å². The fourth-order valence-electron chi connectivity index (χ4n) is 5.07. The van der Waals surface area contributed by atoms with Crippen LogP contribution in [-0.4, -0.2) is 73.4 Å². The van der Waals surface area contributed by atoms with Crippen molar-refractivity contribution in [2.45, 2.75) is 13.8 Å². The van der Waals surface area contributed by atoms with Gasteiger partial charge in [-0.15, -0.1) is 0 Å². The first-order chi connectivity index (χ1) is 29.6. The standard InChI is InChI=1S/C24H21Cl2N3O4S.C19H22Cl2N4O2S/c1-15(30)27-17-7-9-18(10-8-17)28-24(34)29-19-13-20(25)22(21(26)14-19)32-11-12-33-23(31)16-5-3-2-4-6-16;1-12(26)22-13-4-6-14(7-5-13)23-19(28)24-15-10-16(20)18(17(21)11-15)27-9-8-25(2)3/h2-10,13-14H,11-12H2,1H3,(H,27,30)(H2,28,29,34);4-7,10-11H,8-9H2,1-3H3,(H,22,26)(H2,23,24,28). The Balaban J connectivity index is 0.000000278. The third-order valence-electron chi connectivity index (χ3n) is 7.80. The quantitative estimate of drug-likeness (QED) is 0.0335. The van der Waals surface area contributed by atoms with Crippen LogP contribution < -0.4 is 41.4 Å². The SMILES string of the molecule is CC(=O)Nc1ccc(NC(=S)Nc2cc(Cl)c(OCCN(C)C)c(Cl)c2)cc1.CC(=O)Nc1ccc(NC(=S)Nc2cc(Cl)c(OCCOC(=O)c3ccccc3)c(Cl)c2)cc1. The van der Waals surface area contributed by atoms with Gasteiger partial charge in [-0.25, -0.2) is 4.79 Å². The number of ether oxygens (including phenoxy) is 3. The van der Waals surface area contributed by atoms with Crippen LogP contribution in [0.4, 0.5) is 34.1 Å². The van der Waals surface area contributed by atoms with E-state index in [4.69, 9.17) is 85.1 Å². The topological polar surface area (TPSA) is 154 Å². The monoisotopic (exact) mass is 957 g/mol. The molecule has 0 bridgehead atoms. The Labute approximate surface area is 390 Å². The molecule has 0 aliphatic carbocycles. The predicted octanol–water partition coefficient (Wildman–Crippen LogP) is 10.7. The van der Waals surface area contributed by atoms with Crippen LogP contribution in [-0.2, 0) is 14.3 Å². The van der Waals surface area contributed by atoms with Gasteiger partial charge in [0.2, 0.25) is 11.8 Å². The van der Waals surface area contributed by atoms with Crippen molar-refractivity contribution in [3.63, 3.8) is 0 Å². The summed E-state index contributed by atoms with van der Waals surface area (Å²) in [5.74, 6) is 0.0139. The summed E-state index contributed by atoms with van der Waals surface area (Å²) < 4.78 is 16.4. The van der Waals surface area contributed by atoms with E-state index in [1.54, 1.807) is 97.1 Å². The molecule has 2 amide bonds. The number of benzene rings is 5. The van der Waals surface area contributed by atoms with E-state index in [9.17, 15) is 14.4 Å². The Morgan fingerprint density at radius 3 is 1.24 bits per heavy atom. The predicted molar refractivity (Wildman–Crippen MR) is 260 cm³/mol. The first-order valence-electron chi connectivity index (χ1n) is 18.6. The highest BCUT2D eigenvalue weighted by molar-refractivity contribution is 7.81. The fourth-order valence-corrected chi connectivity index (χ4v) is 6.74. The van der Waals surface area contributed by atoms with Crippen molar-refractivity contribution in [1.82, 2.24) is 4.90 Å². The van der Waals surface area contributed by atoms with Gasteiger partial charge in [0.15, 0.2) is 21.7 Å². The van der Waals surface area contributed by atoms with Crippen LogP contribution in [0.2, 0.25) is 20.1 Å². The second-order valence-corrected chi connectivity index (χ2v) is 15.7. The first kappa shape index (κ1) is 49.3. The number of hydrogen-bond donors (Lipinski definition) is 6. The minimum absolute atomic E-state index is 0.0368. The molecule has 13 nitrogen and oxygen atoms in total. The summed E-state index contributed by atoms with van der Waals surface area (Å²) >= 11 is 35.9. The molecule has 62 heavy (non-hydrogen) atoms. The average molecular weight is 960 g/mol. The minimum atomic E-state index is -0.438. The van der Waals surface area contributed by atoms with E-state index in [2.05, 4.69) is 31.9 Å². The maximum Gasteiger partial charge on any atom is 0.338 e. The molecule has 0 saturated carbocycles. The number of likely N-dealkylation sites (N-methyl/N-ethyl adjacent to an activating group) is 1. The van der Waals surface area contributed by atoms with Crippen LogP contribution >= 0.6 is 70.8 Å². The third kappa shape index (κ3) is 17.2. The third-order valence-corrected chi connectivity index (χ3v) is 9.33. The van der Waals surface area contributed by atoms with E-state index >= 15 is 0 Å². The van der Waals surface area contributed by atoms with Gasteiger partial charge in [-0.2, -0.15) is 0 Å². The Morgan fingerprint density at radius 1 is 0.516 bits per heavy atom. The van der Waals surface area contributed by atoms with Crippen LogP contribution in [0, 0.1) is 0 Å². The first-order valence-corrected chi connectivity index (χ1v) is 20.9. The second-order valence-electron chi connectivity index (χ2n) is 13.2. The van der Waals surface area contributed by atoms with Crippen molar-refractivity contribution < 1.29 is 28.6 Å². The van der Waals surface area contributed by atoms with Gasteiger partial charge in [-0.05, 0) is 123 Å². The molecule has 19 heteroatoms. The molecule has 0 radical (unpaired) electrons. The van der Waals surface area contributed by atoms with E-state index in [0.717, 1.165) is 17.9 Å². The molecule has 6 N–H and O–H groups in total. The molecule has 0 aliphatic rings. The number of carbonyl (C=O) groups is 3. The molecule has 0 saturated heterocycles. The molecule has 5 aromatic rings. The zero-order chi connectivity index (χ0) is 45.2. The van der Waals surface area contributed by atoms with Crippen LogP contribution in [0.15, 0.2) is 103 Å².